The van der Waals surface area contributed by atoms with Crippen molar-refractivity contribution in [3.05, 3.63) is 113 Å². The molecule has 2 aromatic heterocycles. The van der Waals surface area contributed by atoms with E-state index in [0.29, 0.717) is 16.6 Å². The lowest BCUT2D eigenvalue weighted by Gasteiger charge is -2.20. The first kappa shape index (κ1) is 34.2. The van der Waals surface area contributed by atoms with Gasteiger partial charge in [0, 0.05) is 45.5 Å². The summed E-state index contributed by atoms with van der Waals surface area (Å²) in [5, 5.41) is 2.97. The van der Waals surface area contributed by atoms with E-state index in [2.05, 4.69) is 5.32 Å². The van der Waals surface area contributed by atoms with Crippen LogP contribution in [0.5, 0.6) is 0 Å². The Bertz CT molecular complexity index is 1850. The predicted molar refractivity (Wildman–Crippen MR) is 173 cm³/mol. The van der Waals surface area contributed by atoms with Crippen molar-refractivity contribution in [2.75, 3.05) is 33.5 Å². The monoisotopic (exact) mass is 645 g/mol. The summed E-state index contributed by atoms with van der Waals surface area (Å²) in [5.74, 6) is -1.48. The number of hydrogen-bond acceptors (Lipinski definition) is 7. The van der Waals surface area contributed by atoms with E-state index in [0.717, 1.165) is 10.5 Å². The molecule has 12 nitrogen and oxygen atoms in total. The fraction of sp³-hybridized carbons (Fsp3) is 0.265. The van der Waals surface area contributed by atoms with E-state index in [-0.39, 0.29) is 37.6 Å². The van der Waals surface area contributed by atoms with Gasteiger partial charge < -0.3 is 29.2 Å². The summed E-state index contributed by atoms with van der Waals surface area (Å²) in [6.07, 6.45) is 1.94. The molecule has 0 saturated heterocycles. The first-order valence-electron chi connectivity index (χ1n) is 14.7. The van der Waals surface area contributed by atoms with Crippen LogP contribution in [-0.2, 0) is 32.2 Å². The first-order valence-corrected chi connectivity index (χ1v) is 14.7. The molecule has 4 rings (SSSR count). The number of nitrogens with one attached hydrogen (secondary N) is 1. The van der Waals surface area contributed by atoms with Crippen LogP contribution in [0.1, 0.15) is 24.1 Å². The van der Waals surface area contributed by atoms with Gasteiger partial charge in [0.25, 0.3) is 11.5 Å². The van der Waals surface area contributed by atoms with Crippen LogP contribution in [0, 0.1) is 5.82 Å². The van der Waals surface area contributed by atoms with Crippen LogP contribution in [0.25, 0.3) is 10.9 Å². The van der Waals surface area contributed by atoms with Crippen molar-refractivity contribution in [2.45, 2.75) is 32.1 Å². The molecule has 2 aromatic carbocycles. The Morgan fingerprint density at radius 2 is 1.70 bits per heavy atom. The average Bonchev–Trinajstić information content (AvgIpc) is 3.40. The van der Waals surface area contributed by atoms with Crippen molar-refractivity contribution in [3.8, 4) is 0 Å². The fourth-order valence-electron chi connectivity index (χ4n) is 4.55. The summed E-state index contributed by atoms with van der Waals surface area (Å²) in [6.45, 7) is -0.119. The Balaban J connectivity index is 1.57. The third kappa shape index (κ3) is 8.93. The van der Waals surface area contributed by atoms with Gasteiger partial charge in [0.2, 0.25) is 5.91 Å². The summed E-state index contributed by atoms with van der Waals surface area (Å²) < 4.78 is 27.6. The highest BCUT2D eigenvalue weighted by Crippen LogP contribution is 2.23. The first-order chi connectivity index (χ1) is 22.4. The van der Waals surface area contributed by atoms with Crippen LogP contribution in [0.15, 0.2) is 89.9 Å². The standard InChI is InChI=1S/C34H36FN5O7/c1-37(2)30(41)15-9-8-14-29(47-33(44)38(3)4)31(42)36-27-13-10-18-39(32(27)43)21-26-20-24-19-25(35)16-17-28(24)40(26)34(45)46-22-23-11-6-5-7-12-23/h5-7,9-13,15-20,29H,8,14,21-22H2,1-4H3,(H,36,42)/b15-9+/t29-/m0/s1. The highest BCUT2D eigenvalue weighted by Gasteiger charge is 2.25. The number of fused-ring (bicyclic) bond motifs is 1. The molecular weight excluding hydrogens is 609 g/mol. The molecule has 0 radical (unpaired) electrons. The summed E-state index contributed by atoms with van der Waals surface area (Å²) >= 11 is 0. The molecule has 13 heteroatoms. The smallest absolute Gasteiger partial charge is 0.419 e. The van der Waals surface area contributed by atoms with Crippen molar-refractivity contribution in [3.63, 3.8) is 0 Å². The number of anilines is 1. The van der Waals surface area contributed by atoms with Gasteiger partial charge in [0.15, 0.2) is 6.10 Å². The zero-order valence-electron chi connectivity index (χ0n) is 26.5. The molecule has 3 amide bonds. The Kier molecular flexibility index (Phi) is 11.3. The lowest BCUT2D eigenvalue weighted by Crippen LogP contribution is -2.37. The number of nitrogens with zero attached hydrogens (tertiary/aromatic N) is 4. The van der Waals surface area contributed by atoms with Crippen LogP contribution in [0.3, 0.4) is 0 Å². The molecule has 47 heavy (non-hydrogen) atoms. The molecular formula is C34H36FN5O7. The van der Waals surface area contributed by atoms with Gasteiger partial charge in [-0.1, -0.05) is 36.4 Å². The van der Waals surface area contributed by atoms with Gasteiger partial charge in [0.05, 0.1) is 12.1 Å². The number of carbonyl (C=O) groups excluding carboxylic acids is 4. The normalized spacial score (nSPS) is 11.7. The minimum absolute atomic E-state index is 0.00274. The molecule has 0 fully saturated rings. The zero-order chi connectivity index (χ0) is 34.1. The molecule has 4 aromatic rings. The fourth-order valence-corrected chi connectivity index (χ4v) is 4.55. The SMILES string of the molecule is CN(C)C(=O)/C=C/CC[C@H](OC(=O)N(C)C)C(=O)Nc1cccn(Cc2cc3cc(F)ccc3n2C(=O)OCc2ccccc2)c1=O. The van der Waals surface area contributed by atoms with Crippen LogP contribution in [-0.4, -0.2) is 77.2 Å². The Labute approximate surface area is 270 Å². The second-order valence-electron chi connectivity index (χ2n) is 11.0. The van der Waals surface area contributed by atoms with Gasteiger partial charge >= 0.3 is 12.2 Å². The highest BCUT2D eigenvalue weighted by molar-refractivity contribution is 5.95. The minimum Gasteiger partial charge on any atom is -0.444 e. The molecule has 2 heterocycles. The predicted octanol–water partition coefficient (Wildman–Crippen LogP) is 4.61. The van der Waals surface area contributed by atoms with E-state index in [1.54, 1.807) is 26.2 Å². The summed E-state index contributed by atoms with van der Waals surface area (Å²) in [5.41, 5.74) is 0.810. The molecule has 0 bridgehead atoms. The topological polar surface area (TPSA) is 132 Å². The quantitative estimate of drug-likeness (QED) is 0.236. The van der Waals surface area contributed by atoms with Crippen LogP contribution in [0.4, 0.5) is 19.7 Å². The highest BCUT2D eigenvalue weighted by atomic mass is 19.1. The Morgan fingerprint density at radius 3 is 2.40 bits per heavy atom. The van der Waals surface area contributed by atoms with Gasteiger partial charge in [-0.3, -0.25) is 14.4 Å². The van der Waals surface area contributed by atoms with E-state index in [1.807, 2.05) is 30.3 Å². The molecule has 0 unspecified atom stereocenters. The van der Waals surface area contributed by atoms with Crippen molar-refractivity contribution >= 4 is 40.6 Å². The second kappa shape index (κ2) is 15.5. The number of hydrogen-bond donors (Lipinski definition) is 1. The molecule has 0 aliphatic rings. The zero-order valence-corrected chi connectivity index (χ0v) is 26.5. The molecule has 0 saturated carbocycles. The van der Waals surface area contributed by atoms with Gasteiger partial charge in [-0.2, -0.15) is 0 Å². The lowest BCUT2D eigenvalue weighted by molar-refractivity contribution is -0.125. The second-order valence-corrected chi connectivity index (χ2v) is 11.0. The molecule has 1 atom stereocenters. The van der Waals surface area contributed by atoms with Crippen molar-refractivity contribution in [1.29, 1.82) is 0 Å². The number of benzene rings is 2. The molecule has 246 valence electrons. The lowest BCUT2D eigenvalue weighted by atomic mass is 10.1. The Hall–Kier alpha value is -5.72. The van der Waals surface area contributed by atoms with Gasteiger partial charge in [-0.05, 0) is 60.9 Å². The number of allylic oxidation sites excluding steroid dienone is 1. The van der Waals surface area contributed by atoms with E-state index < -0.39 is 35.6 Å². The van der Waals surface area contributed by atoms with Gasteiger partial charge in [0.1, 0.15) is 18.1 Å². The van der Waals surface area contributed by atoms with E-state index >= 15 is 0 Å². The van der Waals surface area contributed by atoms with Crippen LogP contribution in [0.2, 0.25) is 0 Å². The Morgan fingerprint density at radius 1 is 0.957 bits per heavy atom. The van der Waals surface area contributed by atoms with E-state index in [9.17, 15) is 28.4 Å². The van der Waals surface area contributed by atoms with E-state index in [1.165, 1.54) is 70.7 Å². The third-order valence-electron chi connectivity index (χ3n) is 7.04. The van der Waals surface area contributed by atoms with Crippen molar-refractivity contribution in [1.82, 2.24) is 18.9 Å². The van der Waals surface area contributed by atoms with Gasteiger partial charge in [-0.25, -0.2) is 18.5 Å². The minimum atomic E-state index is -1.27. The maximum Gasteiger partial charge on any atom is 0.419 e. The molecule has 0 aliphatic heterocycles. The summed E-state index contributed by atoms with van der Waals surface area (Å²) in [7, 11) is 6.14. The average molecular weight is 646 g/mol. The number of pyridine rings is 1. The van der Waals surface area contributed by atoms with E-state index in [4.69, 9.17) is 9.47 Å². The largest absolute Gasteiger partial charge is 0.444 e. The third-order valence-corrected chi connectivity index (χ3v) is 7.04. The van der Waals surface area contributed by atoms with Crippen molar-refractivity contribution < 1.29 is 33.0 Å². The number of ether oxygens (including phenoxy) is 2. The number of likely N-dealkylation sites (N-methyl/N-ethyl adjacent to an activating group) is 1. The number of rotatable bonds is 11. The van der Waals surface area contributed by atoms with Crippen molar-refractivity contribution in [2.24, 2.45) is 0 Å². The van der Waals surface area contributed by atoms with Gasteiger partial charge in [-0.15, -0.1) is 0 Å². The summed E-state index contributed by atoms with van der Waals surface area (Å²) in [4.78, 5) is 66.8. The number of amides is 3. The maximum atomic E-state index is 14.1. The molecule has 0 spiro atoms. The number of carbonyl (C=O) groups is 4. The van der Waals surface area contributed by atoms with Crippen LogP contribution >= 0.6 is 0 Å². The number of halogens is 1. The molecule has 0 aliphatic carbocycles. The van der Waals surface area contributed by atoms with Crippen LogP contribution < -0.4 is 10.9 Å². The maximum absolute atomic E-state index is 14.1. The summed E-state index contributed by atoms with van der Waals surface area (Å²) in [6, 6.07) is 17.6. The number of aromatic nitrogens is 2. The molecule has 1 N–H and O–H groups in total.